The van der Waals surface area contributed by atoms with Crippen LogP contribution < -0.4 is 14.8 Å². The van der Waals surface area contributed by atoms with Crippen molar-refractivity contribution in [3.63, 3.8) is 0 Å². The van der Waals surface area contributed by atoms with Crippen molar-refractivity contribution in [3.05, 3.63) is 23.3 Å². The number of methoxy groups -OCH3 is 2. The molecule has 0 aromatic heterocycles. The highest BCUT2D eigenvalue weighted by atomic mass is 16.5. The van der Waals surface area contributed by atoms with Gasteiger partial charge in [-0.2, -0.15) is 0 Å². The Morgan fingerprint density at radius 1 is 1.25 bits per heavy atom. The van der Waals surface area contributed by atoms with Crippen LogP contribution in [0.2, 0.25) is 0 Å². The number of hydrogen-bond donors (Lipinski definition) is 1. The number of rotatable bonds is 3. The first-order chi connectivity index (χ1) is 7.76. The third-order valence-electron chi connectivity index (χ3n) is 3.15. The summed E-state index contributed by atoms with van der Waals surface area (Å²) in [6, 6.07) is 4.23. The lowest BCUT2D eigenvalue weighted by atomic mass is 9.95. The minimum absolute atomic E-state index is 0.545. The fraction of sp³-hybridized carbons (Fsp3) is 0.538. The van der Waals surface area contributed by atoms with E-state index < -0.39 is 0 Å². The maximum Gasteiger partial charge on any atom is 0.164 e. The zero-order chi connectivity index (χ0) is 11.5. The highest BCUT2D eigenvalue weighted by Gasteiger charge is 2.22. The standard InChI is InChI=1S/C13H19NO2/c1-9-6-11(10-4-5-14-8-10)13(16-3)12(7-9)15-2/h6-7,10,14H,4-5,8H2,1-3H3. The molecule has 1 atom stereocenters. The third-order valence-corrected chi connectivity index (χ3v) is 3.15. The van der Waals surface area contributed by atoms with Gasteiger partial charge in [-0.15, -0.1) is 0 Å². The van der Waals surface area contributed by atoms with E-state index in [1.807, 2.05) is 6.07 Å². The summed E-state index contributed by atoms with van der Waals surface area (Å²) in [4.78, 5) is 0. The van der Waals surface area contributed by atoms with Crippen LogP contribution in [-0.4, -0.2) is 27.3 Å². The van der Waals surface area contributed by atoms with Crippen LogP contribution in [0.5, 0.6) is 11.5 Å². The van der Waals surface area contributed by atoms with Gasteiger partial charge in [-0.3, -0.25) is 0 Å². The minimum atomic E-state index is 0.545. The van der Waals surface area contributed by atoms with E-state index in [1.165, 1.54) is 17.5 Å². The minimum Gasteiger partial charge on any atom is -0.493 e. The molecule has 0 aliphatic carbocycles. The number of benzene rings is 1. The molecule has 3 heteroatoms. The highest BCUT2D eigenvalue weighted by Crippen LogP contribution is 2.38. The van der Waals surface area contributed by atoms with Crippen LogP contribution in [0, 0.1) is 6.92 Å². The summed E-state index contributed by atoms with van der Waals surface area (Å²) >= 11 is 0. The topological polar surface area (TPSA) is 30.5 Å². The van der Waals surface area contributed by atoms with Gasteiger partial charge < -0.3 is 14.8 Å². The van der Waals surface area contributed by atoms with Gasteiger partial charge in [0.2, 0.25) is 0 Å². The van der Waals surface area contributed by atoms with Gasteiger partial charge in [-0.25, -0.2) is 0 Å². The maximum absolute atomic E-state index is 5.48. The summed E-state index contributed by atoms with van der Waals surface area (Å²) in [5.74, 6) is 2.27. The van der Waals surface area contributed by atoms with Crippen LogP contribution >= 0.6 is 0 Å². The van der Waals surface area contributed by atoms with Gasteiger partial charge in [0.1, 0.15) is 0 Å². The Morgan fingerprint density at radius 3 is 2.62 bits per heavy atom. The second-order valence-electron chi connectivity index (χ2n) is 4.28. The molecule has 1 fully saturated rings. The molecule has 16 heavy (non-hydrogen) atoms. The molecule has 1 N–H and O–H groups in total. The molecular weight excluding hydrogens is 202 g/mol. The molecule has 1 aromatic rings. The fourth-order valence-electron chi connectivity index (χ4n) is 2.36. The summed E-state index contributed by atoms with van der Waals surface area (Å²) < 4.78 is 10.9. The fourth-order valence-corrected chi connectivity index (χ4v) is 2.36. The van der Waals surface area contributed by atoms with Crippen molar-refractivity contribution in [2.45, 2.75) is 19.3 Å². The monoisotopic (exact) mass is 221 g/mol. The molecule has 0 amide bonds. The van der Waals surface area contributed by atoms with Crippen LogP contribution in [0.15, 0.2) is 12.1 Å². The summed E-state index contributed by atoms with van der Waals surface area (Å²) in [5, 5.41) is 3.38. The van der Waals surface area contributed by atoms with E-state index in [0.29, 0.717) is 5.92 Å². The molecule has 1 heterocycles. The maximum atomic E-state index is 5.48. The smallest absolute Gasteiger partial charge is 0.164 e. The summed E-state index contributed by atoms with van der Waals surface area (Å²) in [7, 11) is 3.40. The lowest BCUT2D eigenvalue weighted by Gasteiger charge is -2.17. The quantitative estimate of drug-likeness (QED) is 0.847. The highest BCUT2D eigenvalue weighted by molar-refractivity contribution is 5.51. The number of ether oxygens (including phenoxy) is 2. The number of aryl methyl sites for hydroxylation is 1. The number of nitrogens with one attached hydrogen (secondary N) is 1. The largest absolute Gasteiger partial charge is 0.493 e. The molecule has 88 valence electrons. The van der Waals surface area contributed by atoms with Crippen LogP contribution in [0.25, 0.3) is 0 Å². The Balaban J connectivity index is 2.44. The molecule has 0 spiro atoms. The zero-order valence-corrected chi connectivity index (χ0v) is 10.2. The van der Waals surface area contributed by atoms with Crippen LogP contribution in [0.3, 0.4) is 0 Å². The lowest BCUT2D eigenvalue weighted by Crippen LogP contribution is -2.09. The van der Waals surface area contributed by atoms with Crippen LogP contribution in [0.1, 0.15) is 23.5 Å². The van der Waals surface area contributed by atoms with Crippen molar-refractivity contribution in [1.29, 1.82) is 0 Å². The average Bonchev–Trinajstić information content (AvgIpc) is 2.81. The molecule has 1 unspecified atom stereocenters. The van der Waals surface area contributed by atoms with E-state index in [9.17, 15) is 0 Å². The van der Waals surface area contributed by atoms with E-state index in [0.717, 1.165) is 24.6 Å². The Labute approximate surface area is 96.8 Å². The first kappa shape index (κ1) is 11.3. The summed E-state index contributed by atoms with van der Waals surface area (Å²) in [6.45, 7) is 4.21. The van der Waals surface area contributed by atoms with Crippen LogP contribution in [-0.2, 0) is 0 Å². The predicted octanol–water partition coefficient (Wildman–Crippen LogP) is 2.09. The summed E-state index contributed by atoms with van der Waals surface area (Å²) in [6.07, 6.45) is 1.17. The van der Waals surface area contributed by atoms with E-state index in [2.05, 4.69) is 18.3 Å². The Hall–Kier alpha value is -1.22. The molecule has 0 bridgehead atoms. The number of hydrogen-bond acceptors (Lipinski definition) is 3. The first-order valence-electron chi connectivity index (χ1n) is 5.69. The van der Waals surface area contributed by atoms with E-state index in [1.54, 1.807) is 14.2 Å². The molecule has 0 radical (unpaired) electrons. The lowest BCUT2D eigenvalue weighted by molar-refractivity contribution is 0.349. The normalized spacial score (nSPS) is 19.8. The van der Waals surface area contributed by atoms with E-state index in [4.69, 9.17) is 9.47 Å². The van der Waals surface area contributed by atoms with E-state index >= 15 is 0 Å². The molecule has 1 aliphatic rings. The van der Waals surface area contributed by atoms with Gasteiger partial charge in [0.15, 0.2) is 11.5 Å². The van der Waals surface area contributed by atoms with Gasteiger partial charge in [0.25, 0.3) is 0 Å². The second-order valence-corrected chi connectivity index (χ2v) is 4.28. The molecule has 2 rings (SSSR count). The second kappa shape index (κ2) is 4.74. The molecule has 3 nitrogen and oxygen atoms in total. The van der Waals surface area contributed by atoms with Gasteiger partial charge in [0.05, 0.1) is 14.2 Å². The zero-order valence-electron chi connectivity index (χ0n) is 10.2. The Bertz CT molecular complexity index is 370. The van der Waals surface area contributed by atoms with Crippen LogP contribution in [0.4, 0.5) is 0 Å². The molecule has 1 aliphatic heterocycles. The van der Waals surface area contributed by atoms with Crippen molar-refractivity contribution in [2.75, 3.05) is 27.3 Å². The Morgan fingerprint density at radius 2 is 2.06 bits per heavy atom. The van der Waals surface area contributed by atoms with Gasteiger partial charge in [-0.05, 0) is 31.5 Å². The van der Waals surface area contributed by atoms with Crippen molar-refractivity contribution >= 4 is 0 Å². The van der Waals surface area contributed by atoms with Crippen molar-refractivity contribution < 1.29 is 9.47 Å². The third kappa shape index (κ3) is 2.00. The van der Waals surface area contributed by atoms with Crippen molar-refractivity contribution in [1.82, 2.24) is 5.32 Å². The predicted molar refractivity (Wildman–Crippen MR) is 64.5 cm³/mol. The van der Waals surface area contributed by atoms with Crippen molar-refractivity contribution in [3.8, 4) is 11.5 Å². The Kier molecular flexibility index (Phi) is 3.34. The van der Waals surface area contributed by atoms with Gasteiger partial charge >= 0.3 is 0 Å². The van der Waals surface area contributed by atoms with E-state index in [-0.39, 0.29) is 0 Å². The molecule has 1 saturated heterocycles. The first-order valence-corrected chi connectivity index (χ1v) is 5.69. The van der Waals surface area contributed by atoms with Gasteiger partial charge in [-0.1, -0.05) is 6.07 Å². The summed E-state index contributed by atoms with van der Waals surface area (Å²) in [5.41, 5.74) is 2.49. The SMILES string of the molecule is COc1cc(C)cc(C2CCNC2)c1OC. The van der Waals surface area contributed by atoms with Gasteiger partial charge in [0, 0.05) is 18.0 Å². The average molecular weight is 221 g/mol. The molecule has 0 saturated carbocycles. The molecule has 1 aromatic carbocycles. The van der Waals surface area contributed by atoms with Crippen molar-refractivity contribution in [2.24, 2.45) is 0 Å². The molecular formula is C13H19NO2.